The van der Waals surface area contributed by atoms with Crippen molar-refractivity contribution in [2.24, 2.45) is 4.99 Å². The van der Waals surface area contributed by atoms with Crippen LogP contribution in [0.25, 0.3) is 0 Å². The first-order valence-corrected chi connectivity index (χ1v) is 5.49. The van der Waals surface area contributed by atoms with Crippen molar-refractivity contribution in [2.45, 2.75) is 6.92 Å². The van der Waals surface area contributed by atoms with E-state index in [9.17, 15) is 0 Å². The highest BCUT2D eigenvalue weighted by Gasteiger charge is 1.99. The predicted molar refractivity (Wildman–Crippen MR) is 69.9 cm³/mol. The van der Waals surface area contributed by atoms with Crippen molar-refractivity contribution in [3.8, 4) is 0 Å². The van der Waals surface area contributed by atoms with Gasteiger partial charge in [0.1, 0.15) is 0 Å². The van der Waals surface area contributed by atoms with Gasteiger partial charge in [-0.2, -0.15) is 0 Å². The van der Waals surface area contributed by atoms with Crippen LogP contribution in [0, 0.1) is 6.92 Å². The summed E-state index contributed by atoms with van der Waals surface area (Å²) in [5, 5.41) is 0.766. The van der Waals surface area contributed by atoms with Crippen molar-refractivity contribution in [3.63, 3.8) is 0 Å². The summed E-state index contributed by atoms with van der Waals surface area (Å²) in [5.74, 6) is 0. The van der Waals surface area contributed by atoms with Crippen molar-refractivity contribution in [3.05, 3.63) is 64.7 Å². The summed E-state index contributed by atoms with van der Waals surface area (Å²) in [4.78, 5) is 4.37. The van der Waals surface area contributed by atoms with Crippen molar-refractivity contribution in [1.29, 1.82) is 0 Å². The van der Waals surface area contributed by atoms with E-state index in [0.717, 1.165) is 21.8 Å². The van der Waals surface area contributed by atoms with E-state index in [2.05, 4.69) is 4.99 Å². The van der Waals surface area contributed by atoms with Gasteiger partial charge < -0.3 is 0 Å². The zero-order valence-corrected chi connectivity index (χ0v) is 9.78. The maximum atomic E-state index is 6.17. The molecule has 1 nitrogen and oxygen atoms in total. The molecule has 0 bridgehead atoms. The van der Waals surface area contributed by atoms with Crippen LogP contribution >= 0.6 is 11.6 Å². The smallest absolute Gasteiger partial charge is 0.0629 e. The molecule has 0 fully saturated rings. The number of benzene rings is 2. The lowest BCUT2D eigenvalue weighted by Gasteiger charge is -2.00. The fourth-order valence-corrected chi connectivity index (χ4v) is 1.60. The third-order valence-electron chi connectivity index (χ3n) is 2.33. The standard InChI is InChI=1S/C14H12ClN/c1-11-6-5-7-12(14(11)15)10-16-13-8-3-2-4-9-13/h2-10H,1H3. The van der Waals surface area contributed by atoms with Gasteiger partial charge in [-0.1, -0.05) is 48.0 Å². The molecule has 0 atom stereocenters. The van der Waals surface area contributed by atoms with Crippen LogP contribution in [0.4, 0.5) is 5.69 Å². The molecule has 16 heavy (non-hydrogen) atoms. The minimum absolute atomic E-state index is 0.766. The van der Waals surface area contributed by atoms with E-state index in [1.165, 1.54) is 0 Å². The molecule has 0 aliphatic heterocycles. The third kappa shape index (κ3) is 2.50. The van der Waals surface area contributed by atoms with Crippen LogP contribution in [-0.2, 0) is 0 Å². The van der Waals surface area contributed by atoms with E-state index < -0.39 is 0 Å². The summed E-state index contributed by atoms with van der Waals surface area (Å²) in [6.07, 6.45) is 1.80. The summed E-state index contributed by atoms with van der Waals surface area (Å²) in [7, 11) is 0. The highest BCUT2D eigenvalue weighted by molar-refractivity contribution is 6.33. The molecule has 0 N–H and O–H groups in total. The van der Waals surface area contributed by atoms with Gasteiger partial charge in [-0.05, 0) is 24.6 Å². The second kappa shape index (κ2) is 4.95. The van der Waals surface area contributed by atoms with Gasteiger partial charge in [0.05, 0.1) is 10.7 Å². The number of hydrogen-bond donors (Lipinski definition) is 0. The lowest BCUT2D eigenvalue weighted by Crippen LogP contribution is -1.85. The SMILES string of the molecule is Cc1cccc(C=Nc2ccccc2)c1Cl. The average Bonchev–Trinajstić information content (AvgIpc) is 2.32. The number of hydrogen-bond acceptors (Lipinski definition) is 1. The Morgan fingerprint density at radius 3 is 2.50 bits per heavy atom. The van der Waals surface area contributed by atoms with Crippen LogP contribution in [-0.4, -0.2) is 6.21 Å². The number of aryl methyl sites for hydroxylation is 1. The lowest BCUT2D eigenvalue weighted by molar-refractivity contribution is 1.45. The molecule has 80 valence electrons. The molecule has 0 saturated heterocycles. The summed E-state index contributed by atoms with van der Waals surface area (Å²) in [6, 6.07) is 15.7. The topological polar surface area (TPSA) is 12.4 Å². The molecule has 0 aliphatic rings. The number of halogens is 1. The highest BCUT2D eigenvalue weighted by atomic mass is 35.5. The van der Waals surface area contributed by atoms with Crippen LogP contribution in [0.2, 0.25) is 5.02 Å². The summed E-state index contributed by atoms with van der Waals surface area (Å²) in [5.41, 5.74) is 2.95. The first kappa shape index (κ1) is 10.9. The normalized spacial score (nSPS) is 10.9. The maximum Gasteiger partial charge on any atom is 0.0629 e. The van der Waals surface area contributed by atoms with Gasteiger partial charge in [-0.15, -0.1) is 0 Å². The van der Waals surface area contributed by atoms with E-state index in [4.69, 9.17) is 11.6 Å². The first-order chi connectivity index (χ1) is 7.77. The Labute approximate surface area is 100 Å². The molecule has 2 aromatic carbocycles. The van der Waals surface area contributed by atoms with Gasteiger partial charge in [0.2, 0.25) is 0 Å². The Bertz CT molecular complexity index is 503. The molecule has 0 radical (unpaired) electrons. The predicted octanol–water partition coefficient (Wildman–Crippen LogP) is 4.40. The summed E-state index contributed by atoms with van der Waals surface area (Å²) < 4.78 is 0. The van der Waals surface area contributed by atoms with Crippen molar-refractivity contribution < 1.29 is 0 Å². The monoisotopic (exact) mass is 229 g/mol. The average molecular weight is 230 g/mol. The lowest BCUT2D eigenvalue weighted by atomic mass is 10.1. The Morgan fingerprint density at radius 2 is 1.75 bits per heavy atom. The quantitative estimate of drug-likeness (QED) is 0.677. The van der Waals surface area contributed by atoms with Gasteiger partial charge >= 0.3 is 0 Å². The number of nitrogens with zero attached hydrogens (tertiary/aromatic N) is 1. The van der Waals surface area contributed by atoms with Gasteiger partial charge in [0.25, 0.3) is 0 Å². The van der Waals surface area contributed by atoms with Crippen LogP contribution in [0.1, 0.15) is 11.1 Å². The van der Waals surface area contributed by atoms with Crippen LogP contribution in [0.3, 0.4) is 0 Å². The van der Waals surface area contributed by atoms with Crippen LogP contribution in [0.5, 0.6) is 0 Å². The zero-order chi connectivity index (χ0) is 11.4. The minimum atomic E-state index is 0.766. The molecule has 0 aliphatic carbocycles. The fraction of sp³-hybridized carbons (Fsp3) is 0.0714. The second-order valence-corrected chi connectivity index (χ2v) is 3.95. The summed E-state index contributed by atoms with van der Waals surface area (Å²) in [6.45, 7) is 1.99. The molecule has 2 heteroatoms. The minimum Gasteiger partial charge on any atom is -0.256 e. The van der Waals surface area contributed by atoms with E-state index in [-0.39, 0.29) is 0 Å². The number of para-hydroxylation sites is 1. The van der Waals surface area contributed by atoms with E-state index in [1.807, 2.05) is 55.5 Å². The summed E-state index contributed by atoms with van der Waals surface area (Å²) >= 11 is 6.17. The maximum absolute atomic E-state index is 6.17. The number of rotatable bonds is 2. The molecule has 0 unspecified atom stereocenters. The molecule has 0 amide bonds. The van der Waals surface area contributed by atoms with E-state index in [1.54, 1.807) is 6.21 Å². The van der Waals surface area contributed by atoms with Gasteiger partial charge in [-0.3, -0.25) is 4.99 Å². The number of aliphatic imine (C=N–C) groups is 1. The fourth-order valence-electron chi connectivity index (χ4n) is 1.43. The molecule has 0 saturated carbocycles. The molecular formula is C14H12ClN. The Kier molecular flexibility index (Phi) is 3.37. The van der Waals surface area contributed by atoms with Gasteiger partial charge in [-0.25, -0.2) is 0 Å². The molecule has 2 rings (SSSR count). The highest BCUT2D eigenvalue weighted by Crippen LogP contribution is 2.19. The largest absolute Gasteiger partial charge is 0.256 e. The zero-order valence-electron chi connectivity index (χ0n) is 9.02. The van der Waals surface area contributed by atoms with Crippen molar-refractivity contribution in [2.75, 3.05) is 0 Å². The second-order valence-electron chi connectivity index (χ2n) is 3.57. The van der Waals surface area contributed by atoms with E-state index >= 15 is 0 Å². The molecule has 0 heterocycles. The Hall–Kier alpha value is -1.60. The van der Waals surface area contributed by atoms with E-state index in [0.29, 0.717) is 0 Å². The first-order valence-electron chi connectivity index (χ1n) is 5.11. The molecule has 0 aromatic heterocycles. The van der Waals surface area contributed by atoms with Crippen molar-refractivity contribution >= 4 is 23.5 Å². The van der Waals surface area contributed by atoms with Gasteiger partial charge in [0, 0.05) is 11.8 Å². The third-order valence-corrected chi connectivity index (χ3v) is 2.85. The van der Waals surface area contributed by atoms with Gasteiger partial charge in [0.15, 0.2) is 0 Å². The van der Waals surface area contributed by atoms with Crippen LogP contribution in [0.15, 0.2) is 53.5 Å². The molecular weight excluding hydrogens is 218 g/mol. The Balaban J connectivity index is 2.28. The van der Waals surface area contributed by atoms with Crippen molar-refractivity contribution in [1.82, 2.24) is 0 Å². The molecule has 2 aromatic rings. The Morgan fingerprint density at radius 1 is 1.00 bits per heavy atom. The van der Waals surface area contributed by atoms with Crippen LogP contribution < -0.4 is 0 Å². The molecule has 0 spiro atoms.